The molecule has 0 bridgehead atoms. The van der Waals surface area contributed by atoms with Crippen LogP contribution in [0.15, 0.2) is 40.2 Å². The monoisotopic (exact) mass is 614 g/mol. The number of aliphatic hydroxyl groups excluding tert-OH is 1. The third kappa shape index (κ3) is 5.61. The van der Waals surface area contributed by atoms with Gasteiger partial charge in [-0.25, -0.2) is 13.8 Å². The number of methoxy groups -OCH3 is 1. The number of nitrogens with zero attached hydrogens (tertiary/aromatic N) is 6. The van der Waals surface area contributed by atoms with E-state index in [2.05, 4.69) is 10.2 Å². The van der Waals surface area contributed by atoms with Crippen LogP contribution in [0.3, 0.4) is 0 Å². The Morgan fingerprint density at radius 3 is 2.49 bits per heavy atom. The van der Waals surface area contributed by atoms with Gasteiger partial charge >= 0.3 is 5.69 Å². The smallest absolute Gasteiger partial charge is 0.333 e. The van der Waals surface area contributed by atoms with Gasteiger partial charge in [0, 0.05) is 24.2 Å². The second-order valence-electron chi connectivity index (χ2n) is 11.2. The number of carbonyl (C=O) groups is 1. The molecule has 0 unspecified atom stereocenters. The second-order valence-corrected chi connectivity index (χ2v) is 12.2. The summed E-state index contributed by atoms with van der Waals surface area (Å²) < 4.78 is 28.4. The van der Waals surface area contributed by atoms with Crippen molar-refractivity contribution >= 4 is 27.5 Å². The molecule has 230 valence electrons. The number of fused-ring (bicyclic) bond motifs is 1. The summed E-state index contributed by atoms with van der Waals surface area (Å²) in [6, 6.07) is 3.96. The highest BCUT2D eigenvalue weighted by atomic mass is 32.1. The summed E-state index contributed by atoms with van der Waals surface area (Å²) in [7, 11) is 1.44. The van der Waals surface area contributed by atoms with Crippen molar-refractivity contribution in [3.63, 3.8) is 0 Å². The summed E-state index contributed by atoms with van der Waals surface area (Å²) >= 11 is 1.15. The van der Waals surface area contributed by atoms with Crippen LogP contribution in [0.2, 0.25) is 0 Å². The van der Waals surface area contributed by atoms with Crippen LogP contribution in [-0.4, -0.2) is 73.0 Å². The highest BCUT2D eigenvalue weighted by Crippen LogP contribution is 2.34. The van der Waals surface area contributed by atoms with Gasteiger partial charge in [0.05, 0.1) is 44.1 Å². The number of ether oxygens (including phenoxy) is 2. The minimum atomic E-state index is -1.51. The molecule has 0 saturated carbocycles. The van der Waals surface area contributed by atoms with Gasteiger partial charge in [-0.05, 0) is 58.7 Å². The van der Waals surface area contributed by atoms with Crippen LogP contribution in [0.1, 0.15) is 50.8 Å². The molecule has 2 atom stereocenters. The summed E-state index contributed by atoms with van der Waals surface area (Å²) in [6.45, 7) is 7.23. The van der Waals surface area contributed by atoms with Gasteiger partial charge in [0.25, 0.3) is 5.56 Å². The number of benzene rings is 1. The molecule has 1 aliphatic rings. The number of thiophene rings is 1. The van der Waals surface area contributed by atoms with Crippen LogP contribution in [0.25, 0.3) is 15.2 Å². The molecular weight excluding hydrogens is 579 g/mol. The number of rotatable bonds is 10. The molecule has 14 heteroatoms. The van der Waals surface area contributed by atoms with E-state index >= 15 is 0 Å². The van der Waals surface area contributed by atoms with E-state index in [1.807, 2.05) is 0 Å². The number of hydrogen-bond donors (Lipinski definition) is 1. The molecule has 3 aromatic heterocycles. The minimum absolute atomic E-state index is 0.118. The maximum Gasteiger partial charge on any atom is 0.333 e. The lowest BCUT2D eigenvalue weighted by Gasteiger charge is -2.31. The SMILES string of the molecule is COc1ccc(F)cc1[C@H](Cn1c(=O)n(C(C)(C)C(=O)N2CCCC2)c(=O)c2c(C)c(-n3nccn3)sc21)OC[C@@H](C)O. The topological polar surface area (TPSA) is 134 Å². The Labute approximate surface area is 250 Å². The Bertz CT molecular complexity index is 1750. The van der Waals surface area contributed by atoms with E-state index in [0.29, 0.717) is 39.8 Å². The van der Waals surface area contributed by atoms with Gasteiger partial charge in [-0.3, -0.25) is 14.2 Å². The molecule has 0 spiro atoms. The zero-order valence-electron chi connectivity index (χ0n) is 24.7. The van der Waals surface area contributed by atoms with Crippen molar-refractivity contribution < 1.29 is 23.8 Å². The van der Waals surface area contributed by atoms with E-state index in [-0.39, 0.29) is 24.4 Å². The number of hydrogen-bond acceptors (Lipinski definition) is 9. The lowest BCUT2D eigenvalue weighted by Crippen LogP contribution is -2.56. The van der Waals surface area contributed by atoms with Crippen molar-refractivity contribution in [2.45, 2.75) is 64.8 Å². The van der Waals surface area contributed by atoms with Crippen LogP contribution in [0.4, 0.5) is 4.39 Å². The average molecular weight is 615 g/mol. The molecule has 1 N–H and O–H groups in total. The van der Waals surface area contributed by atoms with E-state index in [4.69, 9.17) is 9.47 Å². The van der Waals surface area contributed by atoms with Gasteiger partial charge in [-0.15, -0.1) is 4.80 Å². The van der Waals surface area contributed by atoms with Crippen molar-refractivity contribution in [2.75, 3.05) is 26.8 Å². The average Bonchev–Trinajstić information content (AvgIpc) is 3.74. The predicted octanol–water partition coefficient (Wildman–Crippen LogP) is 2.76. The second kappa shape index (κ2) is 12.0. The highest BCUT2D eigenvalue weighted by Gasteiger charge is 2.39. The Morgan fingerprint density at radius 1 is 1.19 bits per heavy atom. The standard InChI is InChI=1S/C29H35FN6O6S/c1-17(37)16-42-22(20-14-19(30)8-9-21(20)41-5)15-34-26-23(18(2)25(43-26)36-31-10-11-32-36)24(38)35(28(34)40)29(3,4)27(39)33-12-6-7-13-33/h8-11,14,17,22,37H,6-7,12-13,15-16H2,1-5H3/t17-,22+/m1/s1. The van der Waals surface area contributed by atoms with Crippen molar-refractivity contribution in [3.8, 4) is 10.8 Å². The van der Waals surface area contributed by atoms with Crippen LogP contribution in [0.5, 0.6) is 5.75 Å². The van der Waals surface area contributed by atoms with E-state index in [0.717, 1.165) is 28.7 Å². The highest BCUT2D eigenvalue weighted by molar-refractivity contribution is 7.21. The zero-order chi connectivity index (χ0) is 31.1. The van der Waals surface area contributed by atoms with Gasteiger partial charge in [0.15, 0.2) is 0 Å². The molecule has 1 aromatic carbocycles. The summed E-state index contributed by atoms with van der Waals surface area (Å²) in [4.78, 5) is 45.7. The molecule has 1 fully saturated rings. The van der Waals surface area contributed by atoms with E-state index in [9.17, 15) is 23.9 Å². The molecule has 0 radical (unpaired) electrons. The normalized spacial score (nSPS) is 15.3. The molecular formula is C29H35FN6O6S. The van der Waals surface area contributed by atoms with Crippen molar-refractivity contribution in [3.05, 3.63) is 68.4 Å². The first-order valence-corrected chi connectivity index (χ1v) is 14.9. The molecule has 4 heterocycles. The Balaban J connectivity index is 1.77. The predicted molar refractivity (Wildman–Crippen MR) is 158 cm³/mol. The van der Waals surface area contributed by atoms with E-state index in [1.165, 1.54) is 47.1 Å². The number of aliphatic hydroxyl groups is 1. The first-order chi connectivity index (χ1) is 20.4. The number of aromatic nitrogens is 5. The first kappa shape index (κ1) is 30.6. The molecule has 5 rings (SSSR count). The quantitative estimate of drug-likeness (QED) is 0.288. The van der Waals surface area contributed by atoms with E-state index in [1.54, 1.807) is 32.6 Å². The summed E-state index contributed by atoms with van der Waals surface area (Å²) in [5, 5.41) is 19.2. The molecule has 1 saturated heterocycles. The third-order valence-corrected chi connectivity index (χ3v) is 8.97. The van der Waals surface area contributed by atoms with Crippen LogP contribution in [-0.2, 0) is 21.6 Å². The van der Waals surface area contributed by atoms with Gasteiger partial charge in [0.2, 0.25) is 5.91 Å². The van der Waals surface area contributed by atoms with E-state index < -0.39 is 34.8 Å². The molecule has 0 aliphatic carbocycles. The van der Waals surface area contributed by atoms with Crippen LogP contribution >= 0.6 is 11.3 Å². The molecule has 1 amide bonds. The van der Waals surface area contributed by atoms with Crippen LogP contribution in [0, 0.1) is 12.7 Å². The fourth-order valence-electron chi connectivity index (χ4n) is 5.52. The number of likely N-dealkylation sites (tertiary alicyclic amines) is 1. The summed E-state index contributed by atoms with van der Waals surface area (Å²) in [5.41, 5.74) is -1.99. The largest absolute Gasteiger partial charge is 0.496 e. The van der Waals surface area contributed by atoms with Gasteiger partial charge in [-0.2, -0.15) is 10.2 Å². The van der Waals surface area contributed by atoms with Crippen molar-refractivity contribution in [1.82, 2.24) is 29.0 Å². The Kier molecular flexibility index (Phi) is 8.54. The zero-order valence-corrected chi connectivity index (χ0v) is 25.6. The van der Waals surface area contributed by atoms with Gasteiger partial charge < -0.3 is 19.5 Å². The summed E-state index contributed by atoms with van der Waals surface area (Å²) in [5.74, 6) is -0.547. The number of carbonyl (C=O) groups excluding carboxylic acids is 1. The number of amides is 1. The molecule has 1 aliphatic heterocycles. The maximum atomic E-state index is 14.5. The van der Waals surface area contributed by atoms with Crippen LogP contribution < -0.4 is 16.0 Å². The fraction of sp³-hybridized carbons (Fsp3) is 0.483. The Morgan fingerprint density at radius 2 is 1.86 bits per heavy atom. The van der Waals surface area contributed by atoms with Crippen molar-refractivity contribution in [2.24, 2.45) is 0 Å². The molecule has 4 aromatic rings. The fourth-order valence-corrected chi connectivity index (χ4v) is 6.74. The van der Waals surface area contributed by atoms with Gasteiger partial charge in [-0.1, -0.05) is 11.3 Å². The van der Waals surface area contributed by atoms with Gasteiger partial charge in [0.1, 0.15) is 33.0 Å². The maximum absolute atomic E-state index is 14.5. The number of halogens is 1. The third-order valence-electron chi connectivity index (χ3n) is 7.69. The summed E-state index contributed by atoms with van der Waals surface area (Å²) in [6.07, 6.45) is 2.87. The Hall–Kier alpha value is -3.88. The molecule has 43 heavy (non-hydrogen) atoms. The first-order valence-electron chi connectivity index (χ1n) is 14.0. The van der Waals surface area contributed by atoms with Crippen molar-refractivity contribution in [1.29, 1.82) is 0 Å². The lowest BCUT2D eigenvalue weighted by molar-refractivity contribution is -0.138. The minimum Gasteiger partial charge on any atom is -0.496 e. The lowest BCUT2D eigenvalue weighted by atomic mass is 10.0. The number of aryl methyl sites for hydroxylation is 1. The molecule has 12 nitrogen and oxygen atoms in total.